The molecule has 0 amide bonds. The van der Waals surface area contributed by atoms with Crippen LogP contribution in [0.25, 0.3) is 0 Å². The van der Waals surface area contributed by atoms with Gasteiger partial charge in [-0.05, 0) is 19.4 Å². The third kappa shape index (κ3) is 3.70. The Morgan fingerprint density at radius 2 is 1.81 bits per heavy atom. The van der Waals surface area contributed by atoms with Crippen LogP contribution in [-0.4, -0.2) is 29.0 Å². The average molecular weight is 287 g/mol. The highest BCUT2D eigenvalue weighted by Crippen LogP contribution is 2.18. The van der Waals surface area contributed by atoms with Crippen molar-refractivity contribution in [1.82, 2.24) is 9.78 Å². The summed E-state index contributed by atoms with van der Waals surface area (Å²) in [5, 5.41) is 14.4. The SMILES string of the molecule is Cc1cc(C)cc(C(O)Cn2ncc(N(C)C)cc2=O)c1. The van der Waals surface area contributed by atoms with Gasteiger partial charge in [0.2, 0.25) is 0 Å². The second-order valence-electron chi connectivity index (χ2n) is 5.57. The highest BCUT2D eigenvalue weighted by atomic mass is 16.3. The fraction of sp³-hybridized carbons (Fsp3) is 0.375. The minimum atomic E-state index is -0.751. The maximum absolute atomic E-state index is 12.0. The summed E-state index contributed by atoms with van der Waals surface area (Å²) >= 11 is 0. The van der Waals surface area contributed by atoms with Crippen molar-refractivity contribution in [1.29, 1.82) is 0 Å². The predicted octanol–water partition coefficient (Wildman–Crippen LogP) is 1.66. The summed E-state index contributed by atoms with van der Waals surface area (Å²) in [5.41, 5.74) is 3.51. The molecule has 0 spiro atoms. The maximum atomic E-state index is 12.0. The van der Waals surface area contributed by atoms with Gasteiger partial charge in [0.05, 0.1) is 24.5 Å². The van der Waals surface area contributed by atoms with Gasteiger partial charge in [0, 0.05) is 20.2 Å². The molecule has 21 heavy (non-hydrogen) atoms. The number of aryl methyl sites for hydroxylation is 2. The lowest BCUT2D eigenvalue weighted by molar-refractivity contribution is 0.149. The highest BCUT2D eigenvalue weighted by molar-refractivity contribution is 5.40. The monoisotopic (exact) mass is 287 g/mol. The number of benzene rings is 1. The van der Waals surface area contributed by atoms with Crippen LogP contribution in [0.15, 0.2) is 35.3 Å². The molecule has 1 aromatic heterocycles. The molecule has 1 N–H and O–H groups in total. The number of aromatic nitrogens is 2. The van der Waals surface area contributed by atoms with Crippen LogP contribution < -0.4 is 10.5 Å². The number of hydrogen-bond acceptors (Lipinski definition) is 4. The van der Waals surface area contributed by atoms with Crippen molar-refractivity contribution in [3.8, 4) is 0 Å². The average Bonchev–Trinajstić information content (AvgIpc) is 2.39. The van der Waals surface area contributed by atoms with Crippen LogP contribution in [0.1, 0.15) is 22.8 Å². The summed E-state index contributed by atoms with van der Waals surface area (Å²) in [4.78, 5) is 13.8. The zero-order chi connectivity index (χ0) is 15.6. The molecule has 2 rings (SSSR count). The van der Waals surface area contributed by atoms with Crippen LogP contribution in [0.2, 0.25) is 0 Å². The summed E-state index contributed by atoms with van der Waals surface area (Å²) in [6.07, 6.45) is 0.870. The van der Waals surface area contributed by atoms with Crippen LogP contribution in [-0.2, 0) is 6.54 Å². The molecule has 0 radical (unpaired) electrons. The first-order valence-electron chi connectivity index (χ1n) is 6.87. The fourth-order valence-electron chi connectivity index (χ4n) is 2.28. The van der Waals surface area contributed by atoms with E-state index in [2.05, 4.69) is 5.10 Å². The van der Waals surface area contributed by atoms with Crippen molar-refractivity contribution in [3.05, 3.63) is 57.5 Å². The Balaban J connectivity index is 2.23. The topological polar surface area (TPSA) is 58.4 Å². The molecule has 0 aliphatic heterocycles. The van der Waals surface area contributed by atoms with Crippen molar-refractivity contribution in [2.45, 2.75) is 26.5 Å². The highest BCUT2D eigenvalue weighted by Gasteiger charge is 2.11. The van der Waals surface area contributed by atoms with E-state index in [1.54, 1.807) is 6.20 Å². The van der Waals surface area contributed by atoms with E-state index in [1.165, 1.54) is 10.7 Å². The predicted molar refractivity (Wildman–Crippen MR) is 83.7 cm³/mol. The molecular weight excluding hydrogens is 266 g/mol. The maximum Gasteiger partial charge on any atom is 0.268 e. The minimum absolute atomic E-state index is 0.148. The third-order valence-corrected chi connectivity index (χ3v) is 3.35. The second kappa shape index (κ2) is 6.10. The van der Waals surface area contributed by atoms with Crippen molar-refractivity contribution in [2.75, 3.05) is 19.0 Å². The molecular formula is C16H21N3O2. The van der Waals surface area contributed by atoms with Gasteiger partial charge in [-0.2, -0.15) is 5.10 Å². The van der Waals surface area contributed by atoms with Gasteiger partial charge in [-0.15, -0.1) is 0 Å². The summed E-state index contributed by atoms with van der Waals surface area (Å²) in [7, 11) is 3.70. The largest absolute Gasteiger partial charge is 0.386 e. The third-order valence-electron chi connectivity index (χ3n) is 3.35. The molecule has 1 heterocycles. The first kappa shape index (κ1) is 15.3. The molecule has 0 fully saturated rings. The van der Waals surface area contributed by atoms with Gasteiger partial charge in [0.1, 0.15) is 0 Å². The standard InChI is InChI=1S/C16H21N3O2/c1-11-5-12(2)7-13(6-11)15(20)10-19-16(21)8-14(9-17-19)18(3)4/h5-9,15,20H,10H2,1-4H3. The Morgan fingerprint density at radius 3 is 2.33 bits per heavy atom. The Hall–Kier alpha value is -2.14. The lowest BCUT2D eigenvalue weighted by atomic mass is 10.0. The molecule has 112 valence electrons. The number of hydrogen-bond donors (Lipinski definition) is 1. The van der Waals surface area contributed by atoms with E-state index in [4.69, 9.17) is 0 Å². The summed E-state index contributed by atoms with van der Waals surface area (Å²) in [6.45, 7) is 4.12. The molecule has 0 saturated carbocycles. The van der Waals surface area contributed by atoms with Crippen LogP contribution in [0.4, 0.5) is 5.69 Å². The van der Waals surface area contributed by atoms with Gasteiger partial charge in [-0.25, -0.2) is 4.68 Å². The Labute approximate surface area is 124 Å². The number of aliphatic hydroxyl groups is 1. The zero-order valence-electron chi connectivity index (χ0n) is 12.9. The van der Waals surface area contributed by atoms with E-state index in [1.807, 2.05) is 51.0 Å². The molecule has 1 atom stereocenters. The van der Waals surface area contributed by atoms with E-state index < -0.39 is 6.10 Å². The van der Waals surface area contributed by atoms with Gasteiger partial charge in [-0.3, -0.25) is 4.79 Å². The first-order valence-corrected chi connectivity index (χ1v) is 6.87. The smallest absolute Gasteiger partial charge is 0.268 e. The number of rotatable bonds is 4. The summed E-state index contributed by atoms with van der Waals surface area (Å²) in [5.74, 6) is 0. The summed E-state index contributed by atoms with van der Waals surface area (Å²) in [6, 6.07) is 7.42. The molecule has 1 aromatic carbocycles. The van der Waals surface area contributed by atoms with E-state index in [0.717, 1.165) is 22.4 Å². The summed E-state index contributed by atoms with van der Waals surface area (Å²) < 4.78 is 1.29. The minimum Gasteiger partial charge on any atom is -0.386 e. The van der Waals surface area contributed by atoms with Crippen molar-refractivity contribution >= 4 is 5.69 Å². The van der Waals surface area contributed by atoms with Gasteiger partial charge >= 0.3 is 0 Å². The van der Waals surface area contributed by atoms with E-state index in [-0.39, 0.29) is 12.1 Å². The Morgan fingerprint density at radius 1 is 1.19 bits per heavy atom. The first-order chi connectivity index (χ1) is 9.86. The van der Waals surface area contributed by atoms with Gasteiger partial charge in [-0.1, -0.05) is 29.3 Å². The zero-order valence-corrected chi connectivity index (χ0v) is 12.9. The van der Waals surface area contributed by atoms with E-state index in [9.17, 15) is 9.90 Å². The molecule has 0 aliphatic carbocycles. The lowest BCUT2D eigenvalue weighted by Crippen LogP contribution is -2.26. The molecule has 5 nitrogen and oxygen atoms in total. The molecule has 0 saturated heterocycles. The van der Waals surface area contributed by atoms with Crippen molar-refractivity contribution in [2.24, 2.45) is 0 Å². The molecule has 1 unspecified atom stereocenters. The number of anilines is 1. The molecule has 2 aromatic rings. The quantitative estimate of drug-likeness (QED) is 0.929. The van der Waals surface area contributed by atoms with Crippen molar-refractivity contribution in [3.63, 3.8) is 0 Å². The van der Waals surface area contributed by atoms with Crippen LogP contribution in [0.3, 0.4) is 0 Å². The van der Waals surface area contributed by atoms with Crippen LogP contribution in [0, 0.1) is 13.8 Å². The number of aliphatic hydroxyl groups excluding tert-OH is 1. The van der Waals surface area contributed by atoms with Gasteiger partial charge in [0.15, 0.2) is 0 Å². The Kier molecular flexibility index (Phi) is 4.43. The fourth-order valence-corrected chi connectivity index (χ4v) is 2.28. The molecule has 0 bridgehead atoms. The van der Waals surface area contributed by atoms with Crippen molar-refractivity contribution < 1.29 is 5.11 Å². The molecule has 0 aliphatic rings. The Bertz CT molecular complexity index is 672. The molecule has 5 heteroatoms. The lowest BCUT2D eigenvalue weighted by Gasteiger charge is -2.15. The number of nitrogens with zero attached hydrogens (tertiary/aromatic N) is 3. The van der Waals surface area contributed by atoms with Crippen LogP contribution >= 0.6 is 0 Å². The van der Waals surface area contributed by atoms with Crippen LogP contribution in [0.5, 0.6) is 0 Å². The van der Waals surface area contributed by atoms with E-state index >= 15 is 0 Å². The normalized spacial score (nSPS) is 12.2. The van der Waals surface area contributed by atoms with Gasteiger partial charge < -0.3 is 10.0 Å². The van der Waals surface area contributed by atoms with E-state index in [0.29, 0.717) is 0 Å². The second-order valence-corrected chi connectivity index (χ2v) is 5.57. The van der Waals surface area contributed by atoms with Gasteiger partial charge in [0.25, 0.3) is 5.56 Å².